The van der Waals surface area contributed by atoms with E-state index >= 15 is 0 Å². The Kier molecular flexibility index (Phi) is 5.27. The van der Waals surface area contributed by atoms with Gasteiger partial charge in [0.1, 0.15) is 0 Å². The monoisotopic (exact) mass is 132 g/mol. The molecule has 2 nitrogen and oxygen atoms in total. The Hall–Kier alpha value is -0.530. The molecule has 0 saturated carbocycles. The Morgan fingerprint density at radius 2 is 2.00 bits per heavy atom. The van der Waals surface area contributed by atoms with Gasteiger partial charge >= 0.3 is 5.97 Å². The third kappa shape index (κ3) is 7.47. The Balaban J connectivity index is 2.83. The average Bonchev–Trinajstić information content (AvgIpc) is 1.80. The summed E-state index contributed by atoms with van der Waals surface area (Å²) in [6.07, 6.45) is 4.55. The Bertz CT molecular complexity index is 79.0. The van der Waals surface area contributed by atoms with Crippen LogP contribution in [-0.2, 0) is 4.79 Å². The second-order valence-corrected chi connectivity index (χ2v) is 2.20. The fourth-order valence-corrected chi connectivity index (χ4v) is 0.703. The maximum Gasteiger partial charge on any atom is 0.303 e. The van der Waals surface area contributed by atoms with E-state index in [0.29, 0.717) is 6.42 Å². The highest BCUT2D eigenvalue weighted by atomic mass is 16.6. The summed E-state index contributed by atoms with van der Waals surface area (Å²) in [6.45, 7) is 2.11. The van der Waals surface area contributed by atoms with Gasteiger partial charge in [-0.3, -0.25) is 4.79 Å². The molecule has 0 heterocycles. The first kappa shape index (κ1) is 8.47. The van der Waals surface area contributed by atoms with Crippen LogP contribution in [0.2, 0.25) is 0 Å². The molecule has 54 valence electrons. The molecule has 0 amide bonds. The van der Waals surface area contributed by atoms with Crippen LogP contribution >= 0.6 is 0 Å². The number of hydrogen-bond acceptors (Lipinski definition) is 1. The van der Waals surface area contributed by atoms with Crippen molar-refractivity contribution in [2.45, 2.75) is 39.0 Å². The van der Waals surface area contributed by atoms with Gasteiger partial charge < -0.3 is 5.11 Å². The molecule has 9 heavy (non-hydrogen) atoms. The Morgan fingerprint density at radius 3 is 2.44 bits per heavy atom. The normalized spacial score (nSPS) is 9.44. The SMILES string of the molecule is CCCCCC[14C](=O)O. The van der Waals surface area contributed by atoms with Crippen molar-refractivity contribution in [2.24, 2.45) is 0 Å². The molecule has 0 fully saturated rings. The van der Waals surface area contributed by atoms with Crippen LogP contribution in [0, 0.1) is 0 Å². The third-order valence-electron chi connectivity index (χ3n) is 1.24. The summed E-state index contributed by atoms with van der Waals surface area (Å²) in [5.74, 6) is -0.675. The minimum Gasteiger partial charge on any atom is -0.481 e. The van der Waals surface area contributed by atoms with Gasteiger partial charge in [0.2, 0.25) is 0 Å². The van der Waals surface area contributed by atoms with E-state index < -0.39 is 5.97 Å². The van der Waals surface area contributed by atoms with Gasteiger partial charge in [0.15, 0.2) is 0 Å². The predicted octanol–water partition coefficient (Wildman–Crippen LogP) is 2.04. The van der Waals surface area contributed by atoms with Gasteiger partial charge in [-0.1, -0.05) is 26.2 Å². The molecule has 0 aromatic rings. The van der Waals surface area contributed by atoms with Gasteiger partial charge in [-0.2, -0.15) is 0 Å². The molecule has 0 aliphatic heterocycles. The fourth-order valence-electron chi connectivity index (χ4n) is 0.703. The van der Waals surface area contributed by atoms with Gasteiger partial charge in [0, 0.05) is 6.42 Å². The minimum atomic E-state index is -0.675. The van der Waals surface area contributed by atoms with E-state index in [4.69, 9.17) is 5.11 Å². The summed E-state index contributed by atoms with van der Waals surface area (Å²) < 4.78 is 0. The lowest BCUT2D eigenvalue weighted by Crippen LogP contribution is -1.92. The second-order valence-electron chi connectivity index (χ2n) is 2.20. The van der Waals surface area contributed by atoms with Crippen molar-refractivity contribution in [3.63, 3.8) is 0 Å². The van der Waals surface area contributed by atoms with Crippen molar-refractivity contribution >= 4 is 5.97 Å². The van der Waals surface area contributed by atoms with E-state index in [1.807, 2.05) is 0 Å². The van der Waals surface area contributed by atoms with Crippen LogP contribution in [0.15, 0.2) is 0 Å². The number of hydrogen-bond donors (Lipinski definition) is 1. The molecule has 1 N–H and O–H groups in total. The zero-order valence-corrected chi connectivity index (χ0v) is 5.89. The summed E-state index contributed by atoms with van der Waals surface area (Å²) in [7, 11) is 0. The molecule has 0 aromatic carbocycles. The maximum absolute atomic E-state index is 9.96. The average molecular weight is 132 g/mol. The van der Waals surface area contributed by atoms with Crippen LogP contribution in [0.25, 0.3) is 0 Å². The van der Waals surface area contributed by atoms with Crippen LogP contribution in [0.1, 0.15) is 39.0 Å². The molecule has 0 radical (unpaired) electrons. The van der Waals surface area contributed by atoms with Gasteiger partial charge in [0.25, 0.3) is 0 Å². The topological polar surface area (TPSA) is 37.3 Å². The maximum atomic E-state index is 9.96. The van der Waals surface area contributed by atoms with E-state index in [1.165, 1.54) is 6.42 Å². The smallest absolute Gasteiger partial charge is 0.303 e. The van der Waals surface area contributed by atoms with Crippen molar-refractivity contribution in [2.75, 3.05) is 0 Å². The Morgan fingerprint density at radius 1 is 1.33 bits per heavy atom. The number of rotatable bonds is 5. The van der Waals surface area contributed by atoms with Crippen molar-refractivity contribution in [1.29, 1.82) is 0 Å². The summed E-state index contributed by atoms with van der Waals surface area (Å²) >= 11 is 0. The standard InChI is InChI=1S/C7H14O2/c1-2-3-4-5-6-7(8)9/h2-6H2,1H3,(H,8,9)/i7+2. The third-order valence-corrected chi connectivity index (χ3v) is 1.24. The molecule has 0 spiro atoms. The largest absolute Gasteiger partial charge is 0.481 e. The molecule has 0 aromatic heterocycles. The molecule has 2 heteroatoms. The van der Waals surface area contributed by atoms with Gasteiger partial charge in [0.05, 0.1) is 0 Å². The summed E-state index contributed by atoms with van der Waals surface area (Å²) in [6, 6.07) is 0. The molecular formula is C7H14O2. The van der Waals surface area contributed by atoms with Crippen LogP contribution in [0.4, 0.5) is 0 Å². The molecular weight excluding hydrogens is 118 g/mol. The van der Waals surface area contributed by atoms with Crippen LogP contribution in [-0.4, -0.2) is 11.1 Å². The molecule has 0 atom stereocenters. The number of aliphatic carboxylic acids is 1. The van der Waals surface area contributed by atoms with Crippen molar-refractivity contribution in [3.8, 4) is 0 Å². The van der Waals surface area contributed by atoms with Crippen molar-refractivity contribution in [1.82, 2.24) is 0 Å². The zero-order chi connectivity index (χ0) is 7.11. The fraction of sp³-hybridized carbons (Fsp3) is 0.857. The number of carboxylic acid groups (broad SMARTS) is 1. The van der Waals surface area contributed by atoms with Crippen LogP contribution in [0.3, 0.4) is 0 Å². The predicted molar refractivity (Wildman–Crippen MR) is 36.4 cm³/mol. The second kappa shape index (κ2) is 5.60. The van der Waals surface area contributed by atoms with Gasteiger partial charge in [-0.25, -0.2) is 0 Å². The summed E-state index contributed by atoms with van der Waals surface area (Å²) in [5.41, 5.74) is 0. The Labute approximate surface area is 55.9 Å². The first-order valence-electron chi connectivity index (χ1n) is 3.49. The number of carbonyl (C=O) groups is 1. The van der Waals surface area contributed by atoms with E-state index in [2.05, 4.69) is 6.92 Å². The highest BCUT2D eigenvalue weighted by Crippen LogP contribution is 2.01. The first-order chi connectivity index (χ1) is 4.27. The highest BCUT2D eigenvalue weighted by molar-refractivity contribution is 5.66. The molecule has 0 rings (SSSR count). The van der Waals surface area contributed by atoms with Gasteiger partial charge in [-0.05, 0) is 6.42 Å². The lowest BCUT2D eigenvalue weighted by Gasteiger charge is -1.92. The number of unbranched alkanes of at least 4 members (excludes halogenated alkanes) is 3. The quantitative estimate of drug-likeness (QED) is 0.581. The van der Waals surface area contributed by atoms with Crippen LogP contribution < -0.4 is 0 Å². The molecule has 0 bridgehead atoms. The van der Waals surface area contributed by atoms with Crippen LogP contribution in [0.5, 0.6) is 0 Å². The molecule has 0 aliphatic rings. The van der Waals surface area contributed by atoms with E-state index in [9.17, 15) is 4.79 Å². The van der Waals surface area contributed by atoms with E-state index in [0.717, 1.165) is 19.3 Å². The molecule has 0 unspecified atom stereocenters. The first-order valence-corrected chi connectivity index (χ1v) is 3.49. The lowest BCUT2D eigenvalue weighted by atomic mass is 10.2. The molecule has 0 saturated heterocycles. The lowest BCUT2D eigenvalue weighted by molar-refractivity contribution is -0.137. The van der Waals surface area contributed by atoms with Crippen molar-refractivity contribution < 1.29 is 9.90 Å². The summed E-state index contributed by atoms with van der Waals surface area (Å²) in [4.78, 5) is 9.96. The molecule has 0 aliphatic carbocycles. The minimum absolute atomic E-state index is 0.333. The number of carboxylic acids is 1. The zero-order valence-electron chi connectivity index (χ0n) is 5.89. The van der Waals surface area contributed by atoms with Crippen molar-refractivity contribution in [3.05, 3.63) is 0 Å². The summed E-state index contributed by atoms with van der Waals surface area (Å²) in [5, 5.41) is 8.21. The van der Waals surface area contributed by atoms with E-state index in [-0.39, 0.29) is 0 Å². The van der Waals surface area contributed by atoms with E-state index in [1.54, 1.807) is 0 Å². The highest BCUT2D eigenvalue weighted by Gasteiger charge is 1.93. The van der Waals surface area contributed by atoms with Gasteiger partial charge in [-0.15, -0.1) is 0 Å².